The number of hydrogen-bond acceptors (Lipinski definition) is 6. The van der Waals surface area contributed by atoms with E-state index in [9.17, 15) is 18.4 Å². The molecule has 1 saturated heterocycles. The van der Waals surface area contributed by atoms with E-state index in [4.69, 9.17) is 4.42 Å². The topological polar surface area (TPSA) is 88.3 Å². The normalized spacial score (nSPS) is 37.3. The number of nitrogens with one attached hydrogen (secondary N) is 1. The highest BCUT2D eigenvalue weighted by Gasteiger charge is 2.53. The van der Waals surface area contributed by atoms with Crippen LogP contribution in [0.4, 0.5) is 8.78 Å². The molecule has 0 spiro atoms. The van der Waals surface area contributed by atoms with Gasteiger partial charge in [-0.3, -0.25) is 9.59 Å². The second-order valence-electron chi connectivity index (χ2n) is 9.64. The Morgan fingerprint density at radius 1 is 1.10 bits per heavy atom. The summed E-state index contributed by atoms with van der Waals surface area (Å²) in [7, 11) is 0. The van der Waals surface area contributed by atoms with E-state index >= 15 is 0 Å². The van der Waals surface area contributed by atoms with Crippen molar-refractivity contribution in [3.05, 3.63) is 11.8 Å². The summed E-state index contributed by atoms with van der Waals surface area (Å²) in [4.78, 5) is 26.5. The zero-order valence-corrected chi connectivity index (χ0v) is 16.5. The Bertz CT molecular complexity index is 804. The third-order valence-corrected chi connectivity index (χ3v) is 7.28. The zero-order valence-electron chi connectivity index (χ0n) is 16.5. The number of rotatable bonds is 5. The van der Waals surface area contributed by atoms with Crippen LogP contribution in [0.5, 0.6) is 0 Å². The number of amides is 1. The minimum atomic E-state index is -3.11. The zero-order chi connectivity index (χ0) is 20.4. The lowest BCUT2D eigenvalue weighted by molar-refractivity contribution is -0.133. The van der Waals surface area contributed by atoms with Crippen LogP contribution in [-0.2, 0) is 4.79 Å². The summed E-state index contributed by atoms with van der Waals surface area (Å²) in [5.74, 6) is -2.28. The maximum absolute atomic E-state index is 14.1. The molecule has 1 N–H and O–H groups in total. The number of hydrogen-bond donors (Lipinski definition) is 1. The molecule has 158 valence electrons. The summed E-state index contributed by atoms with van der Waals surface area (Å²) in [5, 5.41) is 10.7. The molecule has 5 aliphatic rings. The van der Waals surface area contributed by atoms with Gasteiger partial charge in [-0.2, -0.15) is 0 Å². The second-order valence-corrected chi connectivity index (χ2v) is 9.64. The maximum atomic E-state index is 14.1. The summed E-state index contributed by atoms with van der Waals surface area (Å²) in [6.45, 7) is 0.748. The Morgan fingerprint density at radius 3 is 2.28 bits per heavy atom. The number of ketones is 1. The van der Waals surface area contributed by atoms with Gasteiger partial charge in [0, 0.05) is 18.9 Å². The predicted molar refractivity (Wildman–Crippen MR) is 97.3 cm³/mol. The summed E-state index contributed by atoms with van der Waals surface area (Å²) < 4.78 is 33.3. The molecule has 0 aromatic carbocycles. The molecule has 1 aliphatic heterocycles. The third kappa shape index (κ3) is 3.47. The van der Waals surface area contributed by atoms with Crippen LogP contribution in [0.15, 0.2) is 4.42 Å². The van der Waals surface area contributed by atoms with Gasteiger partial charge in [0.05, 0.1) is 13.1 Å². The molecule has 4 saturated carbocycles. The number of aromatic nitrogens is 2. The lowest BCUT2D eigenvalue weighted by Gasteiger charge is -2.57. The van der Waals surface area contributed by atoms with Gasteiger partial charge in [-0.1, -0.05) is 0 Å². The van der Waals surface area contributed by atoms with Crippen LogP contribution < -0.4 is 5.32 Å². The summed E-state index contributed by atoms with van der Waals surface area (Å²) in [6, 6.07) is -1.27. The first-order chi connectivity index (χ1) is 13.7. The van der Waals surface area contributed by atoms with Crippen molar-refractivity contribution >= 4 is 11.7 Å². The van der Waals surface area contributed by atoms with E-state index in [2.05, 4.69) is 15.5 Å². The Morgan fingerprint density at radius 2 is 1.72 bits per heavy atom. The number of alkyl halides is 2. The van der Waals surface area contributed by atoms with E-state index in [1.165, 1.54) is 26.2 Å². The summed E-state index contributed by atoms with van der Waals surface area (Å²) in [6.07, 6.45) is 6.33. The molecule has 5 fully saturated rings. The predicted octanol–water partition coefficient (Wildman–Crippen LogP) is 2.36. The molecular formula is C20H26F2N4O3. The monoisotopic (exact) mass is 408 g/mol. The summed E-state index contributed by atoms with van der Waals surface area (Å²) in [5.41, 5.74) is -0.0459. The number of nitrogens with zero attached hydrogens (tertiary/aromatic N) is 3. The smallest absolute Gasteiger partial charge is 0.286 e. The van der Waals surface area contributed by atoms with Crippen molar-refractivity contribution in [1.82, 2.24) is 20.4 Å². The Kier molecular flexibility index (Phi) is 4.31. The first-order valence-corrected chi connectivity index (χ1v) is 10.5. The fourth-order valence-corrected chi connectivity index (χ4v) is 6.54. The molecule has 1 unspecified atom stereocenters. The fraction of sp³-hybridized carbons (Fsp3) is 0.800. The minimum Gasteiger partial charge on any atom is -0.419 e. The van der Waals surface area contributed by atoms with Crippen molar-refractivity contribution < 1.29 is 22.8 Å². The molecule has 1 atom stereocenters. The molecule has 0 radical (unpaired) electrons. The largest absolute Gasteiger partial charge is 0.419 e. The molecule has 29 heavy (non-hydrogen) atoms. The Hall–Kier alpha value is -1.90. The fourth-order valence-electron chi connectivity index (χ4n) is 6.54. The molecule has 1 aromatic rings. The van der Waals surface area contributed by atoms with E-state index in [0.717, 1.165) is 41.9 Å². The van der Waals surface area contributed by atoms with Gasteiger partial charge in [0.25, 0.3) is 11.8 Å². The first-order valence-electron chi connectivity index (χ1n) is 10.5. The molecule has 1 amide bonds. The van der Waals surface area contributed by atoms with Gasteiger partial charge >= 0.3 is 0 Å². The SMILES string of the molecule is Cc1nnc(C(=O)C2CC(F)(F)CN2C(=O)CNC23CC4CC(CC(C4)C2)C3)o1. The van der Waals surface area contributed by atoms with Crippen LogP contribution in [0.3, 0.4) is 0 Å². The average Bonchev–Trinajstić information content (AvgIpc) is 3.21. The second kappa shape index (κ2) is 6.55. The van der Waals surface area contributed by atoms with Crippen molar-refractivity contribution in [2.24, 2.45) is 17.8 Å². The van der Waals surface area contributed by atoms with E-state index < -0.39 is 36.6 Å². The van der Waals surface area contributed by atoms with Crippen LogP contribution in [0.2, 0.25) is 0 Å². The molecule has 7 nitrogen and oxygen atoms in total. The first kappa shape index (κ1) is 19.1. The van der Waals surface area contributed by atoms with Gasteiger partial charge in [-0.05, 0) is 56.3 Å². The highest BCUT2D eigenvalue weighted by atomic mass is 19.3. The molecule has 4 bridgehead atoms. The average molecular weight is 408 g/mol. The van der Waals surface area contributed by atoms with Gasteiger partial charge in [0.1, 0.15) is 6.04 Å². The third-order valence-electron chi connectivity index (χ3n) is 7.28. The Balaban J connectivity index is 1.28. The van der Waals surface area contributed by atoms with Gasteiger partial charge in [0.2, 0.25) is 17.6 Å². The van der Waals surface area contributed by atoms with Crippen molar-refractivity contribution in [1.29, 1.82) is 0 Å². The number of halogens is 2. The number of Topliss-reactive ketones (excluding diaryl/α,β-unsaturated/α-hetero) is 1. The van der Waals surface area contributed by atoms with Gasteiger partial charge in [0.15, 0.2) is 0 Å². The molecule has 1 aromatic heterocycles. The van der Waals surface area contributed by atoms with E-state index in [0.29, 0.717) is 0 Å². The van der Waals surface area contributed by atoms with Crippen LogP contribution in [-0.4, -0.2) is 57.4 Å². The molecule has 4 aliphatic carbocycles. The van der Waals surface area contributed by atoms with Gasteiger partial charge in [-0.25, -0.2) is 8.78 Å². The van der Waals surface area contributed by atoms with Gasteiger partial charge < -0.3 is 14.6 Å². The quantitative estimate of drug-likeness (QED) is 0.753. The van der Waals surface area contributed by atoms with E-state index in [1.54, 1.807) is 0 Å². The van der Waals surface area contributed by atoms with Crippen molar-refractivity contribution in [2.75, 3.05) is 13.1 Å². The van der Waals surface area contributed by atoms with Crippen molar-refractivity contribution in [3.8, 4) is 0 Å². The van der Waals surface area contributed by atoms with E-state index in [-0.39, 0.29) is 23.9 Å². The number of likely N-dealkylation sites (tertiary alicyclic amines) is 1. The molecule has 6 rings (SSSR count). The van der Waals surface area contributed by atoms with Crippen LogP contribution in [0, 0.1) is 24.7 Å². The minimum absolute atomic E-state index is 0.0190. The molecule has 9 heteroatoms. The van der Waals surface area contributed by atoms with Crippen molar-refractivity contribution in [2.45, 2.75) is 69.4 Å². The molecular weight excluding hydrogens is 382 g/mol. The lowest BCUT2D eigenvalue weighted by Crippen LogP contribution is -2.60. The van der Waals surface area contributed by atoms with Crippen molar-refractivity contribution in [3.63, 3.8) is 0 Å². The standard InChI is InChI=1S/C20H26F2N4O3/c1-11-24-25-18(29-11)17(28)15-8-20(21,22)10-26(15)16(27)9-23-19-5-12-2-13(6-19)4-14(3-12)7-19/h12-15,23H,2-10H2,1H3. The number of carbonyl (C=O) groups excluding carboxylic acids is 2. The maximum Gasteiger partial charge on any atom is 0.286 e. The van der Waals surface area contributed by atoms with Gasteiger partial charge in [-0.15, -0.1) is 10.2 Å². The van der Waals surface area contributed by atoms with E-state index in [1.807, 2.05) is 0 Å². The molecule has 2 heterocycles. The highest BCUT2D eigenvalue weighted by Crippen LogP contribution is 2.55. The number of aryl methyl sites for hydroxylation is 1. The summed E-state index contributed by atoms with van der Waals surface area (Å²) >= 11 is 0. The lowest BCUT2D eigenvalue weighted by atomic mass is 9.53. The van der Waals surface area contributed by atoms with Crippen LogP contribution >= 0.6 is 0 Å². The van der Waals surface area contributed by atoms with Crippen LogP contribution in [0.1, 0.15) is 61.5 Å². The highest BCUT2D eigenvalue weighted by molar-refractivity contribution is 5.99. The number of carbonyl (C=O) groups is 2. The van der Waals surface area contributed by atoms with Crippen LogP contribution in [0.25, 0.3) is 0 Å². The Labute approximate surface area is 167 Å².